The van der Waals surface area contributed by atoms with Crippen LogP contribution in [0.2, 0.25) is 0 Å². The van der Waals surface area contributed by atoms with E-state index in [1.807, 2.05) is 0 Å². The van der Waals surface area contributed by atoms with Crippen LogP contribution >= 0.6 is 0 Å². The van der Waals surface area contributed by atoms with Gasteiger partial charge in [0.05, 0.1) is 0 Å². The van der Waals surface area contributed by atoms with E-state index < -0.39 is 13.4 Å². The summed E-state index contributed by atoms with van der Waals surface area (Å²) in [5.41, 5.74) is 0. The van der Waals surface area contributed by atoms with E-state index in [1.54, 1.807) is 0 Å². The SMILES string of the molecule is N.N.O=[Se](=O)(O)O. The summed E-state index contributed by atoms with van der Waals surface area (Å²) in [5.74, 6) is 0. The molecule has 0 aliphatic carbocycles. The summed E-state index contributed by atoms with van der Waals surface area (Å²) in [5, 5.41) is 0. The van der Waals surface area contributed by atoms with Crippen LogP contribution in [0.4, 0.5) is 0 Å². The van der Waals surface area contributed by atoms with Crippen molar-refractivity contribution in [1.82, 2.24) is 12.3 Å². The summed E-state index contributed by atoms with van der Waals surface area (Å²) in [6, 6.07) is 0. The van der Waals surface area contributed by atoms with Crippen molar-refractivity contribution < 1.29 is 16.0 Å². The third-order valence-electron chi connectivity index (χ3n) is 0. The van der Waals surface area contributed by atoms with E-state index in [4.69, 9.17) is 16.0 Å². The molecule has 48 valence electrons. The van der Waals surface area contributed by atoms with Gasteiger partial charge in [0.25, 0.3) is 0 Å². The standard InChI is InChI=1S/2H3N.H2O4Se/c;;1-5(2,3)4/h2*1H3;(H2,1,2,3,4). The van der Waals surface area contributed by atoms with Crippen molar-refractivity contribution in [3.05, 3.63) is 0 Å². The Hall–Kier alpha value is -0.0405. The summed E-state index contributed by atoms with van der Waals surface area (Å²) >= 11 is -5.25. The third kappa shape index (κ3) is 56900. The molecule has 0 atom stereocenters. The van der Waals surface area contributed by atoms with Crippen LogP contribution in [0.25, 0.3) is 0 Å². The van der Waals surface area contributed by atoms with E-state index in [9.17, 15) is 0 Å². The molecule has 0 radical (unpaired) electrons. The number of rotatable bonds is 0. The van der Waals surface area contributed by atoms with E-state index >= 15 is 0 Å². The van der Waals surface area contributed by atoms with Gasteiger partial charge >= 0.3 is 29.4 Å². The Morgan fingerprint density at radius 3 is 1.00 bits per heavy atom. The average Bonchev–Trinajstić information content (AvgIpc) is 0.722. The van der Waals surface area contributed by atoms with Crippen molar-refractivity contribution in [2.75, 3.05) is 0 Å². The Morgan fingerprint density at radius 2 is 1.00 bits per heavy atom. The average molecular weight is 179 g/mol. The zero-order valence-corrected chi connectivity index (χ0v) is 5.25. The molecule has 8 N–H and O–H groups in total. The van der Waals surface area contributed by atoms with Crippen LogP contribution in [0.15, 0.2) is 0 Å². The fraction of sp³-hybridized carbons (Fsp3) is 0. The quantitative estimate of drug-likeness (QED) is 0.336. The van der Waals surface area contributed by atoms with Gasteiger partial charge in [-0.3, -0.25) is 0 Å². The van der Waals surface area contributed by atoms with Gasteiger partial charge in [0, 0.05) is 0 Å². The van der Waals surface area contributed by atoms with E-state index in [1.165, 1.54) is 0 Å². The predicted molar refractivity (Wildman–Crippen MR) is 21.6 cm³/mol. The van der Waals surface area contributed by atoms with Gasteiger partial charge in [0.15, 0.2) is 0 Å². The molecule has 0 rings (SSSR count). The molecular formula is H8N2O4Se. The van der Waals surface area contributed by atoms with Crippen molar-refractivity contribution in [2.45, 2.75) is 0 Å². The van der Waals surface area contributed by atoms with Gasteiger partial charge in [-0.2, -0.15) is 0 Å². The first-order valence-electron chi connectivity index (χ1n) is 0.698. The fourth-order valence-corrected chi connectivity index (χ4v) is 0. The van der Waals surface area contributed by atoms with Crippen molar-refractivity contribution >= 4 is 13.4 Å². The molecule has 0 heterocycles. The summed E-state index contributed by atoms with van der Waals surface area (Å²) in [6.45, 7) is 0. The first-order chi connectivity index (χ1) is 2.00. The minimum absolute atomic E-state index is 0. The molecule has 7 heavy (non-hydrogen) atoms. The van der Waals surface area contributed by atoms with Crippen molar-refractivity contribution in [3.63, 3.8) is 0 Å². The van der Waals surface area contributed by atoms with Gasteiger partial charge in [-0.15, -0.1) is 0 Å². The molecule has 0 aliphatic rings. The van der Waals surface area contributed by atoms with Crippen LogP contribution in [0.5, 0.6) is 0 Å². The third-order valence-corrected chi connectivity index (χ3v) is 0. The summed E-state index contributed by atoms with van der Waals surface area (Å²) in [6.07, 6.45) is 0. The van der Waals surface area contributed by atoms with Gasteiger partial charge < -0.3 is 12.3 Å². The van der Waals surface area contributed by atoms with Crippen LogP contribution in [0, 0.1) is 0 Å². The van der Waals surface area contributed by atoms with E-state index in [2.05, 4.69) is 0 Å². The minimum atomic E-state index is -5.25. The van der Waals surface area contributed by atoms with Gasteiger partial charge in [-0.1, -0.05) is 0 Å². The molecule has 0 fully saturated rings. The molecule has 0 aliphatic heterocycles. The van der Waals surface area contributed by atoms with E-state index in [-0.39, 0.29) is 12.3 Å². The molecule has 7 heteroatoms. The molecular weight excluding hydrogens is 171 g/mol. The zero-order valence-electron chi connectivity index (χ0n) is 3.53. The van der Waals surface area contributed by atoms with Crippen LogP contribution < -0.4 is 12.3 Å². The predicted octanol–water partition coefficient (Wildman–Crippen LogP) is -1.41. The molecule has 0 spiro atoms. The summed E-state index contributed by atoms with van der Waals surface area (Å²) in [4.78, 5) is 0. The maximum atomic E-state index is 8.82. The number of hydrogen-bond acceptors (Lipinski definition) is 4. The molecule has 6 nitrogen and oxygen atoms in total. The van der Waals surface area contributed by atoms with Gasteiger partial charge in [0.2, 0.25) is 0 Å². The van der Waals surface area contributed by atoms with Crippen molar-refractivity contribution in [2.24, 2.45) is 0 Å². The molecule has 0 saturated carbocycles. The first-order valence-corrected chi connectivity index (χ1v) is 3.63. The van der Waals surface area contributed by atoms with Gasteiger partial charge in [0.1, 0.15) is 0 Å². The fourth-order valence-electron chi connectivity index (χ4n) is 0. The summed E-state index contributed by atoms with van der Waals surface area (Å²) < 4.78 is 31.9. The maximum absolute atomic E-state index is 8.82. The monoisotopic (exact) mass is 180 g/mol. The van der Waals surface area contributed by atoms with Crippen molar-refractivity contribution in [1.29, 1.82) is 0 Å². The Balaban J connectivity index is -0.0000000800. The summed E-state index contributed by atoms with van der Waals surface area (Å²) in [7, 11) is 0. The molecule has 0 amide bonds. The Kier molecular flexibility index (Phi) is 9.30. The molecule has 0 aromatic heterocycles. The van der Waals surface area contributed by atoms with Crippen molar-refractivity contribution in [3.8, 4) is 0 Å². The Labute approximate surface area is 42.6 Å². The van der Waals surface area contributed by atoms with E-state index in [0.29, 0.717) is 0 Å². The zero-order chi connectivity index (χ0) is 4.50. The Morgan fingerprint density at radius 1 is 1.00 bits per heavy atom. The van der Waals surface area contributed by atoms with Crippen LogP contribution in [0.1, 0.15) is 0 Å². The number of hydrogen-bond donors (Lipinski definition) is 4. The van der Waals surface area contributed by atoms with Gasteiger partial charge in [-0.05, 0) is 0 Å². The second-order valence-corrected chi connectivity index (χ2v) is 2.33. The normalized spacial score (nSPS) is 8.29. The first kappa shape index (κ1) is 15.8. The second-order valence-electron chi connectivity index (χ2n) is 0.448. The molecule has 0 aromatic carbocycles. The van der Waals surface area contributed by atoms with Crippen LogP contribution in [-0.4, -0.2) is 21.7 Å². The molecule has 0 unspecified atom stereocenters. The molecule has 0 saturated heterocycles. The topological polar surface area (TPSA) is 145 Å². The van der Waals surface area contributed by atoms with Crippen LogP contribution in [-0.2, 0) is 7.67 Å². The molecule has 0 bridgehead atoms. The Bertz CT molecular complexity index is 92.9. The van der Waals surface area contributed by atoms with E-state index in [0.717, 1.165) is 0 Å². The van der Waals surface area contributed by atoms with Gasteiger partial charge in [-0.25, -0.2) is 0 Å². The van der Waals surface area contributed by atoms with Crippen LogP contribution in [0.3, 0.4) is 0 Å². The second kappa shape index (κ2) is 4.13. The molecule has 0 aromatic rings.